The van der Waals surface area contributed by atoms with Gasteiger partial charge >= 0.3 is 6.18 Å². The predicted octanol–water partition coefficient (Wildman–Crippen LogP) is 2.85. The van der Waals surface area contributed by atoms with Gasteiger partial charge in [0.25, 0.3) is 0 Å². The fourth-order valence-corrected chi connectivity index (χ4v) is 4.87. The lowest BCUT2D eigenvalue weighted by atomic mass is 10.1. The molecule has 1 aliphatic rings. The maximum absolute atomic E-state index is 12.9. The third-order valence-corrected chi connectivity index (χ3v) is 6.92. The van der Waals surface area contributed by atoms with Crippen molar-refractivity contribution >= 4 is 27.5 Å². The number of carbonyl (C=O) groups is 2. The van der Waals surface area contributed by atoms with E-state index in [1.54, 1.807) is 27.7 Å². The van der Waals surface area contributed by atoms with E-state index in [9.17, 15) is 31.2 Å². The molecule has 2 rings (SSSR count). The number of amides is 2. The summed E-state index contributed by atoms with van der Waals surface area (Å²) in [4.78, 5) is 25.2. The second-order valence-electron chi connectivity index (χ2n) is 7.69. The number of carbonyl (C=O) groups excluding carboxylic acids is 2. The lowest BCUT2D eigenvalue weighted by molar-refractivity contribution is -0.157. The highest BCUT2D eigenvalue weighted by atomic mass is 32.2. The Balaban J connectivity index is 2.30. The average Bonchev–Trinajstić information content (AvgIpc) is 3.02. The van der Waals surface area contributed by atoms with Crippen LogP contribution in [0.15, 0.2) is 23.1 Å². The van der Waals surface area contributed by atoms with Crippen LogP contribution in [0.1, 0.15) is 34.1 Å². The number of benzene rings is 1. The SMILES string of the molecule is CCN(CC)S(=O)(=O)c1ccc(OC(C)C)c(NC(=O)C2CC(=O)N(CC(F)(F)F)C2)c1. The van der Waals surface area contributed by atoms with Gasteiger partial charge in [0.1, 0.15) is 12.3 Å². The first kappa shape index (κ1) is 25.9. The van der Waals surface area contributed by atoms with Gasteiger partial charge in [0.15, 0.2) is 0 Å². The molecule has 1 unspecified atom stereocenters. The van der Waals surface area contributed by atoms with E-state index in [-0.39, 0.29) is 48.5 Å². The summed E-state index contributed by atoms with van der Waals surface area (Å²) in [6.45, 7) is 5.60. The molecular formula is C20H28F3N3O5S. The van der Waals surface area contributed by atoms with Crippen LogP contribution in [-0.4, -0.2) is 67.9 Å². The molecule has 180 valence electrons. The summed E-state index contributed by atoms with van der Waals surface area (Å²) in [7, 11) is -3.82. The Morgan fingerprint density at radius 3 is 2.44 bits per heavy atom. The molecule has 12 heteroatoms. The lowest BCUT2D eigenvalue weighted by Crippen LogP contribution is -2.36. The highest BCUT2D eigenvalue weighted by molar-refractivity contribution is 7.89. The third-order valence-electron chi connectivity index (χ3n) is 4.87. The van der Waals surface area contributed by atoms with Crippen LogP contribution in [0.2, 0.25) is 0 Å². The number of anilines is 1. The van der Waals surface area contributed by atoms with Crippen LogP contribution in [0, 0.1) is 5.92 Å². The molecule has 0 bridgehead atoms. The van der Waals surface area contributed by atoms with Gasteiger partial charge in [-0.3, -0.25) is 9.59 Å². The van der Waals surface area contributed by atoms with Crippen LogP contribution in [-0.2, 0) is 19.6 Å². The minimum atomic E-state index is -4.56. The Morgan fingerprint density at radius 2 is 1.91 bits per heavy atom. The molecule has 1 aromatic carbocycles. The number of hydrogen-bond acceptors (Lipinski definition) is 5. The lowest BCUT2D eigenvalue weighted by Gasteiger charge is -2.21. The Bertz CT molecular complexity index is 946. The second kappa shape index (κ2) is 10.1. The maximum atomic E-state index is 12.9. The van der Waals surface area contributed by atoms with Crippen molar-refractivity contribution < 1.29 is 35.9 Å². The van der Waals surface area contributed by atoms with Gasteiger partial charge in [-0.2, -0.15) is 17.5 Å². The van der Waals surface area contributed by atoms with Crippen LogP contribution in [0.4, 0.5) is 18.9 Å². The number of hydrogen-bond donors (Lipinski definition) is 1. The number of alkyl halides is 3. The fourth-order valence-electron chi connectivity index (χ4n) is 3.39. The topological polar surface area (TPSA) is 96.0 Å². The van der Waals surface area contributed by atoms with Crippen LogP contribution in [0.5, 0.6) is 5.75 Å². The van der Waals surface area contributed by atoms with Crippen molar-refractivity contribution in [2.45, 2.75) is 51.3 Å². The van der Waals surface area contributed by atoms with Crippen molar-refractivity contribution in [2.75, 3.05) is 31.5 Å². The molecule has 1 fully saturated rings. The first-order valence-electron chi connectivity index (χ1n) is 10.2. The van der Waals surface area contributed by atoms with E-state index in [0.717, 1.165) is 0 Å². The summed E-state index contributed by atoms with van der Waals surface area (Å²) in [5, 5.41) is 2.54. The minimum absolute atomic E-state index is 0.0613. The van der Waals surface area contributed by atoms with E-state index in [0.29, 0.717) is 4.90 Å². The van der Waals surface area contributed by atoms with Crippen LogP contribution in [0.3, 0.4) is 0 Å². The molecule has 1 heterocycles. The highest BCUT2D eigenvalue weighted by Gasteiger charge is 2.40. The molecular weight excluding hydrogens is 451 g/mol. The normalized spacial score (nSPS) is 17.3. The second-order valence-corrected chi connectivity index (χ2v) is 9.63. The van der Waals surface area contributed by atoms with Crippen molar-refractivity contribution in [1.82, 2.24) is 9.21 Å². The van der Waals surface area contributed by atoms with Gasteiger partial charge < -0.3 is 15.0 Å². The molecule has 1 N–H and O–H groups in total. The molecule has 0 aliphatic carbocycles. The van der Waals surface area contributed by atoms with E-state index < -0.39 is 40.5 Å². The zero-order valence-electron chi connectivity index (χ0n) is 18.4. The highest BCUT2D eigenvalue weighted by Crippen LogP contribution is 2.32. The van der Waals surface area contributed by atoms with Gasteiger partial charge in [0, 0.05) is 26.1 Å². The molecule has 32 heavy (non-hydrogen) atoms. The Labute approximate surface area is 185 Å². The largest absolute Gasteiger partial charge is 0.489 e. The number of nitrogens with one attached hydrogen (secondary N) is 1. The van der Waals surface area contributed by atoms with E-state index in [1.807, 2.05) is 0 Å². The molecule has 1 saturated heterocycles. The van der Waals surface area contributed by atoms with Gasteiger partial charge in [0.05, 0.1) is 22.6 Å². The molecule has 1 atom stereocenters. The number of rotatable bonds is 9. The Kier molecular flexibility index (Phi) is 8.16. The molecule has 0 radical (unpaired) electrons. The third kappa shape index (κ3) is 6.35. The van der Waals surface area contributed by atoms with Gasteiger partial charge in [-0.1, -0.05) is 13.8 Å². The maximum Gasteiger partial charge on any atom is 0.406 e. The van der Waals surface area contributed by atoms with Crippen molar-refractivity contribution in [3.8, 4) is 5.75 Å². The van der Waals surface area contributed by atoms with Crippen LogP contribution >= 0.6 is 0 Å². The number of ether oxygens (including phenoxy) is 1. The number of nitrogens with zero attached hydrogens (tertiary/aromatic N) is 2. The van der Waals surface area contributed by atoms with Gasteiger partial charge in [-0.15, -0.1) is 0 Å². The average molecular weight is 480 g/mol. The summed E-state index contributed by atoms with van der Waals surface area (Å²) >= 11 is 0. The quantitative estimate of drug-likeness (QED) is 0.588. The predicted molar refractivity (Wildman–Crippen MR) is 112 cm³/mol. The summed E-state index contributed by atoms with van der Waals surface area (Å²) in [5.74, 6) is -2.24. The zero-order valence-corrected chi connectivity index (χ0v) is 19.2. The molecule has 2 amide bonds. The summed E-state index contributed by atoms with van der Waals surface area (Å²) in [6, 6.07) is 4.04. The van der Waals surface area contributed by atoms with Gasteiger partial charge in [-0.25, -0.2) is 8.42 Å². The van der Waals surface area contributed by atoms with Crippen molar-refractivity contribution in [2.24, 2.45) is 5.92 Å². The van der Waals surface area contributed by atoms with Gasteiger partial charge in [-0.05, 0) is 32.0 Å². The standard InChI is InChI=1S/C20H28F3N3O5S/c1-5-26(6-2)32(29,30)15-7-8-17(31-13(3)4)16(10-15)24-19(28)14-9-18(27)25(11-14)12-20(21,22)23/h7-8,10,13-14H,5-6,9,11-12H2,1-4H3,(H,24,28). The summed E-state index contributed by atoms with van der Waals surface area (Å²) in [5.41, 5.74) is 0.0682. The van der Waals surface area contributed by atoms with E-state index in [1.165, 1.54) is 22.5 Å². The number of sulfonamides is 1. The van der Waals surface area contributed by atoms with Crippen molar-refractivity contribution in [3.05, 3.63) is 18.2 Å². The zero-order chi connectivity index (χ0) is 24.3. The molecule has 0 spiro atoms. The summed E-state index contributed by atoms with van der Waals surface area (Å²) < 4.78 is 70.5. The Hall–Kier alpha value is -2.34. The van der Waals surface area contributed by atoms with E-state index >= 15 is 0 Å². The monoisotopic (exact) mass is 479 g/mol. The molecule has 0 aromatic heterocycles. The first-order chi connectivity index (χ1) is 14.8. The van der Waals surface area contributed by atoms with Crippen molar-refractivity contribution in [1.29, 1.82) is 0 Å². The first-order valence-corrected chi connectivity index (χ1v) is 11.7. The molecule has 0 saturated carbocycles. The van der Waals surface area contributed by atoms with E-state index in [2.05, 4.69) is 5.32 Å². The molecule has 8 nitrogen and oxygen atoms in total. The molecule has 1 aromatic rings. The number of likely N-dealkylation sites (tertiary alicyclic amines) is 1. The molecule has 1 aliphatic heterocycles. The van der Waals surface area contributed by atoms with Crippen molar-refractivity contribution in [3.63, 3.8) is 0 Å². The number of halogens is 3. The summed E-state index contributed by atoms with van der Waals surface area (Å²) in [6.07, 6.45) is -5.21. The fraction of sp³-hybridized carbons (Fsp3) is 0.600. The minimum Gasteiger partial charge on any atom is -0.489 e. The van der Waals surface area contributed by atoms with Crippen LogP contribution in [0.25, 0.3) is 0 Å². The van der Waals surface area contributed by atoms with Gasteiger partial charge in [0.2, 0.25) is 21.8 Å². The van der Waals surface area contributed by atoms with E-state index in [4.69, 9.17) is 4.74 Å². The Morgan fingerprint density at radius 1 is 1.28 bits per heavy atom. The smallest absolute Gasteiger partial charge is 0.406 e. The van der Waals surface area contributed by atoms with Crippen LogP contribution < -0.4 is 10.1 Å².